The van der Waals surface area contributed by atoms with Crippen LogP contribution in [0.4, 0.5) is 5.69 Å². The van der Waals surface area contributed by atoms with Crippen molar-refractivity contribution >= 4 is 23.8 Å². The second kappa shape index (κ2) is 11.1. The van der Waals surface area contributed by atoms with E-state index >= 15 is 0 Å². The van der Waals surface area contributed by atoms with Crippen molar-refractivity contribution in [2.45, 2.75) is 27.7 Å². The van der Waals surface area contributed by atoms with E-state index in [0.717, 1.165) is 11.4 Å². The van der Waals surface area contributed by atoms with Crippen molar-refractivity contribution in [3.05, 3.63) is 86.7 Å². The molecule has 0 radical (unpaired) electrons. The van der Waals surface area contributed by atoms with Crippen LogP contribution in [0.25, 0.3) is 5.69 Å². The average molecular weight is 479 g/mol. The number of hydrogen-bond acceptors (Lipinski definition) is 7. The fraction of sp³-hybridized carbons (Fsp3) is 0.240. The highest BCUT2D eigenvalue weighted by atomic mass is 16.6. The van der Waals surface area contributed by atoms with E-state index in [0.29, 0.717) is 29.2 Å². The normalized spacial score (nSPS) is 10.9. The number of benzene rings is 2. The van der Waals surface area contributed by atoms with Crippen LogP contribution in [0, 0.1) is 24.0 Å². The minimum atomic E-state index is -0.747. The Morgan fingerprint density at radius 2 is 1.80 bits per heavy atom. The first-order valence-corrected chi connectivity index (χ1v) is 11.0. The maximum absolute atomic E-state index is 12.3. The fourth-order valence-corrected chi connectivity index (χ4v) is 3.60. The molecule has 182 valence electrons. The molecule has 3 rings (SSSR count). The Bertz CT molecular complexity index is 1280. The molecule has 0 aliphatic rings. The molecule has 1 amide bonds. The number of esters is 1. The number of carbonyl (C=O) groups is 2. The van der Waals surface area contributed by atoms with Gasteiger partial charge in [0.1, 0.15) is 11.3 Å². The van der Waals surface area contributed by atoms with Crippen LogP contribution in [0.5, 0.6) is 5.75 Å². The molecule has 3 aromatic rings. The topological polar surface area (TPSA) is 125 Å². The Morgan fingerprint density at radius 3 is 2.43 bits per heavy atom. The van der Waals surface area contributed by atoms with Gasteiger partial charge < -0.3 is 14.0 Å². The molecule has 0 aliphatic carbocycles. The monoisotopic (exact) mass is 478 g/mol. The molecule has 0 saturated heterocycles. The maximum atomic E-state index is 12.3. The molecule has 0 saturated carbocycles. The van der Waals surface area contributed by atoms with Gasteiger partial charge in [-0.1, -0.05) is 0 Å². The van der Waals surface area contributed by atoms with E-state index in [1.807, 2.05) is 26.8 Å². The molecule has 0 fully saturated rings. The summed E-state index contributed by atoms with van der Waals surface area (Å²) in [5.74, 6) is -0.443. The van der Waals surface area contributed by atoms with E-state index in [9.17, 15) is 19.7 Å². The molecular formula is C25H26N4O6. The summed E-state index contributed by atoms with van der Waals surface area (Å²) in [4.78, 5) is 35.4. The number of nitrogens with zero attached hydrogens (tertiary/aromatic N) is 3. The highest BCUT2D eigenvalue weighted by molar-refractivity contribution is 5.95. The lowest BCUT2D eigenvalue weighted by molar-refractivity contribution is -0.385. The highest BCUT2D eigenvalue weighted by Gasteiger charge is 2.23. The number of nitrogens with one attached hydrogen (secondary N) is 1. The van der Waals surface area contributed by atoms with Crippen molar-refractivity contribution < 1.29 is 24.0 Å². The van der Waals surface area contributed by atoms with Crippen molar-refractivity contribution in [3.8, 4) is 11.4 Å². The van der Waals surface area contributed by atoms with Crippen molar-refractivity contribution in [2.75, 3.05) is 13.2 Å². The molecule has 0 atom stereocenters. The SMILES string of the molecule is CCOC(=O)c1ccc(-n2c(C)cc(/C=N\NC(=O)c3ccc(OCC)cc3)c2C)cc1[N+](=O)[O-]. The van der Waals surface area contributed by atoms with E-state index in [2.05, 4.69) is 10.5 Å². The van der Waals surface area contributed by atoms with E-state index in [1.165, 1.54) is 18.3 Å². The lowest BCUT2D eigenvalue weighted by Gasteiger charge is -2.11. The van der Waals surface area contributed by atoms with Crippen molar-refractivity contribution in [2.24, 2.45) is 5.10 Å². The molecule has 0 unspecified atom stereocenters. The van der Waals surface area contributed by atoms with Gasteiger partial charge >= 0.3 is 5.97 Å². The molecule has 0 bridgehead atoms. The van der Waals surface area contributed by atoms with Gasteiger partial charge in [0, 0.05) is 28.6 Å². The zero-order chi connectivity index (χ0) is 25.5. The Labute approximate surface area is 202 Å². The standard InChI is InChI=1S/C25H26N4O6/c1-5-34-21-10-7-18(8-11-21)24(30)27-26-15-19-13-16(3)28(17(19)4)20-9-12-22(25(31)35-6-2)23(14-20)29(32)33/h7-15H,5-6H2,1-4H3,(H,27,30)/b26-15-. The molecule has 10 heteroatoms. The lowest BCUT2D eigenvalue weighted by Crippen LogP contribution is -2.17. The number of hydrazone groups is 1. The lowest BCUT2D eigenvalue weighted by atomic mass is 10.1. The fourth-order valence-electron chi connectivity index (χ4n) is 3.60. The molecule has 0 spiro atoms. The molecule has 35 heavy (non-hydrogen) atoms. The number of ether oxygens (including phenoxy) is 2. The Hall–Kier alpha value is -4.47. The van der Waals surface area contributed by atoms with Gasteiger partial charge in [-0.2, -0.15) is 5.10 Å². The second-order valence-electron chi connectivity index (χ2n) is 7.50. The predicted molar refractivity (Wildman–Crippen MR) is 131 cm³/mol. The number of amides is 1. The van der Waals surface area contributed by atoms with Gasteiger partial charge in [-0.3, -0.25) is 14.9 Å². The summed E-state index contributed by atoms with van der Waals surface area (Å²) in [5.41, 5.74) is 5.24. The van der Waals surface area contributed by atoms with Gasteiger partial charge in [0.05, 0.1) is 30.0 Å². The maximum Gasteiger partial charge on any atom is 0.345 e. The second-order valence-corrected chi connectivity index (χ2v) is 7.50. The van der Waals surface area contributed by atoms with E-state index in [1.54, 1.807) is 41.8 Å². The van der Waals surface area contributed by atoms with Gasteiger partial charge in [-0.25, -0.2) is 10.2 Å². The first-order valence-electron chi connectivity index (χ1n) is 11.0. The Kier molecular flexibility index (Phi) is 7.98. The molecule has 1 heterocycles. The number of nitro benzene ring substituents is 1. The highest BCUT2D eigenvalue weighted by Crippen LogP contribution is 2.27. The van der Waals surface area contributed by atoms with Crippen molar-refractivity contribution in [1.29, 1.82) is 0 Å². The third-order valence-corrected chi connectivity index (χ3v) is 5.20. The molecular weight excluding hydrogens is 452 g/mol. The van der Waals surface area contributed by atoms with Gasteiger partial charge in [0.15, 0.2) is 0 Å². The summed E-state index contributed by atoms with van der Waals surface area (Å²) >= 11 is 0. The van der Waals surface area contributed by atoms with E-state index < -0.39 is 10.9 Å². The van der Waals surface area contributed by atoms with E-state index in [4.69, 9.17) is 9.47 Å². The number of aryl methyl sites for hydroxylation is 1. The largest absolute Gasteiger partial charge is 0.494 e. The predicted octanol–water partition coefficient (Wildman–Crippen LogP) is 4.34. The first kappa shape index (κ1) is 25.2. The number of aromatic nitrogens is 1. The van der Waals surface area contributed by atoms with Crippen LogP contribution < -0.4 is 10.2 Å². The smallest absolute Gasteiger partial charge is 0.345 e. The van der Waals surface area contributed by atoms with Crippen LogP contribution in [-0.2, 0) is 4.74 Å². The quantitative estimate of drug-likeness (QED) is 0.211. The number of hydrogen-bond donors (Lipinski definition) is 1. The number of nitro groups is 1. The summed E-state index contributed by atoms with van der Waals surface area (Å²) in [6.45, 7) is 7.84. The Morgan fingerprint density at radius 1 is 1.09 bits per heavy atom. The zero-order valence-corrected chi connectivity index (χ0v) is 19.9. The molecule has 0 aliphatic heterocycles. The van der Waals surface area contributed by atoms with E-state index in [-0.39, 0.29) is 23.8 Å². The Balaban J connectivity index is 1.82. The number of rotatable bonds is 9. The first-order chi connectivity index (χ1) is 16.8. The van der Waals surface area contributed by atoms with Crippen LogP contribution in [0.1, 0.15) is 51.5 Å². The summed E-state index contributed by atoms with van der Waals surface area (Å²) < 4.78 is 12.1. The summed E-state index contributed by atoms with van der Waals surface area (Å²) in [6, 6.07) is 12.9. The minimum absolute atomic E-state index is 0.109. The third-order valence-electron chi connectivity index (χ3n) is 5.20. The summed E-state index contributed by atoms with van der Waals surface area (Å²) in [6.07, 6.45) is 1.51. The van der Waals surface area contributed by atoms with Crippen LogP contribution in [0.15, 0.2) is 53.6 Å². The van der Waals surface area contributed by atoms with Crippen LogP contribution in [-0.4, -0.2) is 40.8 Å². The van der Waals surface area contributed by atoms with Gasteiger partial charge in [-0.05, 0) is 70.2 Å². The molecule has 10 nitrogen and oxygen atoms in total. The van der Waals surface area contributed by atoms with Crippen LogP contribution >= 0.6 is 0 Å². The third kappa shape index (κ3) is 5.72. The zero-order valence-electron chi connectivity index (χ0n) is 19.9. The van der Waals surface area contributed by atoms with Crippen LogP contribution in [0.2, 0.25) is 0 Å². The molecule has 1 N–H and O–H groups in total. The van der Waals surface area contributed by atoms with Crippen molar-refractivity contribution in [1.82, 2.24) is 9.99 Å². The van der Waals surface area contributed by atoms with Gasteiger partial charge in [-0.15, -0.1) is 0 Å². The van der Waals surface area contributed by atoms with Gasteiger partial charge in [0.25, 0.3) is 11.6 Å². The number of carbonyl (C=O) groups excluding carboxylic acids is 2. The average Bonchev–Trinajstić information content (AvgIpc) is 3.12. The van der Waals surface area contributed by atoms with Gasteiger partial charge in [0.2, 0.25) is 0 Å². The van der Waals surface area contributed by atoms with Crippen molar-refractivity contribution in [3.63, 3.8) is 0 Å². The summed E-state index contributed by atoms with van der Waals surface area (Å²) in [7, 11) is 0. The van der Waals surface area contributed by atoms with Crippen LogP contribution in [0.3, 0.4) is 0 Å². The molecule has 2 aromatic carbocycles. The summed E-state index contributed by atoms with van der Waals surface area (Å²) in [5, 5.41) is 15.6. The minimum Gasteiger partial charge on any atom is -0.494 e. The molecule has 1 aromatic heterocycles.